The molecule has 7 atom stereocenters. The number of halogens is 3. The number of hydrogen-bond donors (Lipinski definition) is 1. The van der Waals surface area contributed by atoms with Crippen LogP contribution in [0.2, 0.25) is 0 Å². The van der Waals surface area contributed by atoms with E-state index >= 15 is 0 Å². The smallest absolute Gasteiger partial charge is 0.330 e. The first kappa shape index (κ1) is 22.2. The Kier molecular flexibility index (Phi) is 5.18. The van der Waals surface area contributed by atoms with E-state index in [0.717, 1.165) is 12.5 Å². The van der Waals surface area contributed by atoms with Crippen LogP contribution in [0.3, 0.4) is 0 Å². The normalized spacial score (nSPS) is 32.6. The number of piperidine rings is 1. The molecular formula is C23H26F3N5O2. The maximum absolute atomic E-state index is 13.5. The molecule has 1 aromatic carbocycles. The standard InChI is InChI=1S/C23H26F3N5O2/c1-12(16-4-2-3-5-17(16)23(24,25)26)30-15-8-20(22(30)33)29(10-15)11-18(28)21(32)31-14(9-27)6-13-7-19(13)31/h2-5,12-15,18-20H,6-8,10-11,28H2,1H3/t12-,13-,14+,15?,18+,19?,20-/m1/s1. The molecule has 3 aliphatic heterocycles. The maximum atomic E-state index is 13.5. The van der Waals surface area contributed by atoms with Gasteiger partial charge in [-0.3, -0.25) is 14.5 Å². The third-order valence-corrected chi connectivity index (χ3v) is 7.70. The van der Waals surface area contributed by atoms with Crippen molar-refractivity contribution >= 4 is 11.8 Å². The number of benzene rings is 1. The molecule has 2 unspecified atom stereocenters. The summed E-state index contributed by atoms with van der Waals surface area (Å²) in [7, 11) is 0. The van der Waals surface area contributed by atoms with Crippen LogP contribution in [0.25, 0.3) is 0 Å². The van der Waals surface area contributed by atoms with E-state index in [4.69, 9.17) is 5.73 Å². The van der Waals surface area contributed by atoms with Gasteiger partial charge in [-0.1, -0.05) is 18.2 Å². The highest BCUT2D eigenvalue weighted by molar-refractivity contribution is 5.87. The molecule has 0 spiro atoms. The molecule has 2 amide bonds. The van der Waals surface area contributed by atoms with Gasteiger partial charge in [0, 0.05) is 25.2 Å². The molecule has 176 valence electrons. The van der Waals surface area contributed by atoms with E-state index < -0.39 is 35.9 Å². The molecule has 4 aliphatic rings. The second kappa shape index (κ2) is 7.71. The fraction of sp³-hybridized carbons (Fsp3) is 0.609. The molecule has 2 bridgehead atoms. The van der Waals surface area contributed by atoms with Crippen molar-refractivity contribution in [3.8, 4) is 6.07 Å². The number of hydrogen-bond acceptors (Lipinski definition) is 5. The van der Waals surface area contributed by atoms with E-state index in [1.54, 1.807) is 22.8 Å². The fourth-order valence-electron chi connectivity index (χ4n) is 6.08. The molecule has 0 aromatic heterocycles. The van der Waals surface area contributed by atoms with Crippen molar-refractivity contribution in [3.05, 3.63) is 35.4 Å². The van der Waals surface area contributed by atoms with Crippen LogP contribution >= 0.6 is 0 Å². The minimum absolute atomic E-state index is 0.0832. The first-order valence-corrected chi connectivity index (χ1v) is 11.3. The number of fused-ring (bicyclic) bond motifs is 3. The quantitative estimate of drug-likeness (QED) is 0.723. The van der Waals surface area contributed by atoms with Gasteiger partial charge in [0.2, 0.25) is 11.8 Å². The molecule has 2 N–H and O–H groups in total. The van der Waals surface area contributed by atoms with Crippen LogP contribution in [-0.4, -0.2) is 69.8 Å². The molecule has 1 aliphatic carbocycles. The summed E-state index contributed by atoms with van der Waals surface area (Å²) in [4.78, 5) is 31.1. The second-order valence-corrected chi connectivity index (χ2v) is 9.66. The average molecular weight is 461 g/mol. The summed E-state index contributed by atoms with van der Waals surface area (Å²) < 4.78 is 40.5. The molecular weight excluding hydrogens is 435 g/mol. The molecule has 1 saturated carbocycles. The van der Waals surface area contributed by atoms with Crippen LogP contribution in [0.5, 0.6) is 0 Å². The Morgan fingerprint density at radius 3 is 2.67 bits per heavy atom. The Balaban J connectivity index is 1.26. The number of rotatable bonds is 5. The summed E-state index contributed by atoms with van der Waals surface area (Å²) in [5.41, 5.74) is 5.57. The van der Waals surface area contributed by atoms with Gasteiger partial charge in [0.05, 0.1) is 29.8 Å². The first-order valence-electron chi connectivity index (χ1n) is 11.3. The number of piperazine rings is 1. The number of likely N-dealkylation sites (tertiary alicyclic amines) is 3. The van der Waals surface area contributed by atoms with Crippen molar-refractivity contribution in [2.45, 2.75) is 68.6 Å². The average Bonchev–Trinajstić information content (AvgIpc) is 3.11. The van der Waals surface area contributed by atoms with Gasteiger partial charge in [0.15, 0.2) is 0 Å². The molecule has 3 saturated heterocycles. The SMILES string of the molecule is C[C@H](c1ccccc1C(F)(F)F)N1C(=O)[C@H]2CC1CN2C[C@H](N)C(=O)N1C2C[C@H]2C[C@H]1C#N. The van der Waals surface area contributed by atoms with Crippen LogP contribution in [0.4, 0.5) is 13.2 Å². The third-order valence-electron chi connectivity index (χ3n) is 7.70. The van der Waals surface area contributed by atoms with Gasteiger partial charge in [-0.2, -0.15) is 18.4 Å². The maximum Gasteiger partial charge on any atom is 0.416 e. The lowest BCUT2D eigenvalue weighted by molar-refractivity contribution is -0.143. The number of nitrogens with zero attached hydrogens (tertiary/aromatic N) is 4. The van der Waals surface area contributed by atoms with E-state index in [-0.39, 0.29) is 36.0 Å². The molecule has 33 heavy (non-hydrogen) atoms. The lowest BCUT2D eigenvalue weighted by Gasteiger charge is -2.39. The summed E-state index contributed by atoms with van der Waals surface area (Å²) in [6.45, 7) is 2.28. The zero-order valence-corrected chi connectivity index (χ0v) is 18.2. The highest BCUT2D eigenvalue weighted by Crippen LogP contribution is 2.48. The minimum atomic E-state index is -4.50. The van der Waals surface area contributed by atoms with E-state index in [9.17, 15) is 28.0 Å². The van der Waals surface area contributed by atoms with Crippen molar-refractivity contribution in [1.82, 2.24) is 14.7 Å². The van der Waals surface area contributed by atoms with Gasteiger partial charge in [0.1, 0.15) is 6.04 Å². The minimum Gasteiger partial charge on any atom is -0.330 e. The molecule has 3 heterocycles. The van der Waals surface area contributed by atoms with Gasteiger partial charge in [-0.25, -0.2) is 0 Å². The van der Waals surface area contributed by atoms with Crippen molar-refractivity contribution in [1.29, 1.82) is 5.26 Å². The number of amides is 2. The number of nitriles is 1. The van der Waals surface area contributed by atoms with Gasteiger partial charge >= 0.3 is 6.18 Å². The predicted molar refractivity (Wildman–Crippen MR) is 111 cm³/mol. The summed E-state index contributed by atoms with van der Waals surface area (Å²) in [6.07, 6.45) is -2.38. The second-order valence-electron chi connectivity index (χ2n) is 9.66. The summed E-state index contributed by atoms with van der Waals surface area (Å²) in [5, 5.41) is 9.34. The largest absolute Gasteiger partial charge is 0.416 e. The topological polar surface area (TPSA) is 93.7 Å². The van der Waals surface area contributed by atoms with Gasteiger partial charge in [-0.15, -0.1) is 0 Å². The molecule has 10 heteroatoms. The van der Waals surface area contributed by atoms with E-state index in [1.165, 1.54) is 12.1 Å². The predicted octanol–water partition coefficient (Wildman–Crippen LogP) is 1.89. The monoisotopic (exact) mass is 461 g/mol. The van der Waals surface area contributed by atoms with Crippen molar-refractivity contribution < 1.29 is 22.8 Å². The van der Waals surface area contributed by atoms with Crippen molar-refractivity contribution in [2.24, 2.45) is 11.7 Å². The number of alkyl halides is 3. The van der Waals surface area contributed by atoms with Gasteiger partial charge in [-0.05, 0) is 43.7 Å². The molecule has 1 aromatic rings. The lowest BCUT2D eigenvalue weighted by Crippen LogP contribution is -2.57. The van der Waals surface area contributed by atoms with E-state index in [1.807, 2.05) is 4.90 Å². The summed E-state index contributed by atoms with van der Waals surface area (Å²) in [5.74, 6) is -0.0930. The van der Waals surface area contributed by atoms with Crippen LogP contribution in [0, 0.1) is 17.2 Å². The highest BCUT2D eigenvalue weighted by atomic mass is 19.4. The van der Waals surface area contributed by atoms with Gasteiger partial charge < -0.3 is 15.5 Å². The first-order chi connectivity index (χ1) is 15.6. The Bertz CT molecular complexity index is 1020. The Morgan fingerprint density at radius 1 is 1.27 bits per heavy atom. The fourth-order valence-corrected chi connectivity index (χ4v) is 6.08. The zero-order chi connectivity index (χ0) is 23.7. The van der Waals surface area contributed by atoms with Crippen LogP contribution in [0.1, 0.15) is 43.4 Å². The van der Waals surface area contributed by atoms with Crippen molar-refractivity contribution in [2.75, 3.05) is 13.1 Å². The number of nitrogens with two attached hydrogens (primary N) is 1. The number of carbonyl (C=O) groups is 2. The van der Waals surface area contributed by atoms with Crippen LogP contribution in [-0.2, 0) is 15.8 Å². The molecule has 0 radical (unpaired) electrons. The molecule has 7 nitrogen and oxygen atoms in total. The summed E-state index contributed by atoms with van der Waals surface area (Å²) >= 11 is 0. The van der Waals surface area contributed by atoms with Gasteiger partial charge in [0.25, 0.3) is 0 Å². The summed E-state index contributed by atoms with van der Waals surface area (Å²) in [6, 6.07) is 4.93. The highest BCUT2D eigenvalue weighted by Gasteiger charge is 2.56. The lowest BCUT2D eigenvalue weighted by atomic mass is 9.99. The van der Waals surface area contributed by atoms with E-state index in [2.05, 4.69) is 6.07 Å². The Morgan fingerprint density at radius 2 is 2.00 bits per heavy atom. The zero-order valence-electron chi connectivity index (χ0n) is 18.2. The molecule has 4 fully saturated rings. The molecule has 5 rings (SSSR count). The Hall–Kier alpha value is -2.64. The van der Waals surface area contributed by atoms with Crippen LogP contribution < -0.4 is 5.73 Å². The van der Waals surface area contributed by atoms with Crippen molar-refractivity contribution in [3.63, 3.8) is 0 Å². The van der Waals surface area contributed by atoms with Crippen LogP contribution in [0.15, 0.2) is 24.3 Å². The number of carbonyl (C=O) groups excluding carboxylic acids is 2. The van der Waals surface area contributed by atoms with E-state index in [0.29, 0.717) is 25.3 Å². The Labute approximate surface area is 189 Å². The third kappa shape index (κ3) is 3.58.